The van der Waals surface area contributed by atoms with Crippen LogP contribution in [-0.2, 0) is 0 Å². The summed E-state index contributed by atoms with van der Waals surface area (Å²) in [5.74, 6) is 0.0448. The number of hydrogen-bond acceptors (Lipinski definition) is 6. The summed E-state index contributed by atoms with van der Waals surface area (Å²) in [4.78, 5) is 7.58. The Morgan fingerprint density at radius 1 is 1.00 bits per heavy atom. The Bertz CT molecular complexity index is 617. The molecule has 0 amide bonds. The van der Waals surface area contributed by atoms with Gasteiger partial charge in [-0.3, -0.25) is 0 Å². The van der Waals surface area contributed by atoms with Crippen LogP contribution in [-0.4, -0.2) is 23.4 Å². The van der Waals surface area contributed by atoms with E-state index in [0.29, 0.717) is 0 Å². The fourth-order valence-electron chi connectivity index (χ4n) is 1.43. The summed E-state index contributed by atoms with van der Waals surface area (Å²) < 4.78 is 50.1. The van der Waals surface area contributed by atoms with Gasteiger partial charge in [-0.1, -0.05) is 0 Å². The van der Waals surface area contributed by atoms with Gasteiger partial charge in [-0.25, -0.2) is 0 Å². The van der Waals surface area contributed by atoms with E-state index in [2.05, 4.69) is 14.7 Å². The van der Waals surface area contributed by atoms with Crippen LogP contribution < -0.4 is 19.9 Å². The van der Waals surface area contributed by atoms with Gasteiger partial charge in [-0.15, -0.1) is 13.2 Å². The number of hydrogen-bond donors (Lipinski definition) is 1. The second-order valence-electron chi connectivity index (χ2n) is 3.72. The Hall–Kier alpha value is -2.71. The second kappa shape index (κ2) is 5.73. The first-order chi connectivity index (χ1) is 9.89. The van der Waals surface area contributed by atoms with Crippen LogP contribution in [0.2, 0.25) is 0 Å². The first-order valence-electron chi connectivity index (χ1n) is 5.57. The number of ether oxygens (including phenoxy) is 3. The molecule has 6 nitrogen and oxygen atoms in total. The zero-order valence-corrected chi connectivity index (χ0v) is 10.7. The van der Waals surface area contributed by atoms with Crippen LogP contribution in [0.25, 0.3) is 0 Å². The topological polar surface area (TPSA) is 79.5 Å². The van der Waals surface area contributed by atoms with Gasteiger partial charge in [0.25, 0.3) is 0 Å². The number of alkyl halides is 3. The largest absolute Gasteiger partial charge is 0.573 e. The van der Waals surface area contributed by atoms with Gasteiger partial charge in [-0.2, -0.15) is 9.97 Å². The van der Waals surface area contributed by atoms with Crippen molar-refractivity contribution in [3.63, 3.8) is 0 Å². The summed E-state index contributed by atoms with van der Waals surface area (Å²) >= 11 is 0. The van der Waals surface area contributed by atoms with Crippen LogP contribution in [0.15, 0.2) is 30.6 Å². The maximum absolute atomic E-state index is 12.0. The van der Waals surface area contributed by atoms with Crippen molar-refractivity contribution >= 4 is 5.69 Å². The molecule has 0 radical (unpaired) electrons. The average molecular weight is 301 g/mol. The minimum atomic E-state index is -4.74. The van der Waals surface area contributed by atoms with Crippen molar-refractivity contribution < 1.29 is 27.4 Å². The molecule has 2 rings (SSSR count). The summed E-state index contributed by atoms with van der Waals surface area (Å²) in [6, 6.07) is 4.79. The van der Waals surface area contributed by atoms with Crippen molar-refractivity contribution in [3.8, 4) is 23.3 Å². The monoisotopic (exact) mass is 301 g/mol. The Kier molecular flexibility index (Phi) is 4.01. The first kappa shape index (κ1) is 14.7. The van der Waals surface area contributed by atoms with Crippen molar-refractivity contribution in [2.75, 3.05) is 12.8 Å². The molecule has 0 spiro atoms. The number of nitrogens with two attached hydrogens (primary N) is 1. The van der Waals surface area contributed by atoms with Gasteiger partial charge in [0.15, 0.2) is 5.69 Å². The maximum Gasteiger partial charge on any atom is 0.573 e. The smallest absolute Gasteiger partial charge is 0.479 e. The van der Waals surface area contributed by atoms with Gasteiger partial charge in [0.05, 0.1) is 7.11 Å². The van der Waals surface area contributed by atoms with Crippen LogP contribution in [0.5, 0.6) is 23.3 Å². The SMILES string of the molecule is COc1ncnc(Oc2ccc(OC(F)(F)F)cc2)c1N. The minimum Gasteiger partial charge on any atom is -0.479 e. The highest BCUT2D eigenvalue weighted by atomic mass is 19.4. The van der Waals surface area contributed by atoms with Crippen molar-refractivity contribution in [3.05, 3.63) is 30.6 Å². The molecule has 0 atom stereocenters. The van der Waals surface area contributed by atoms with Gasteiger partial charge in [0.2, 0.25) is 11.8 Å². The average Bonchev–Trinajstić information content (AvgIpc) is 2.42. The molecule has 1 aromatic heterocycles. The fourth-order valence-corrected chi connectivity index (χ4v) is 1.43. The zero-order chi connectivity index (χ0) is 15.5. The summed E-state index contributed by atoms with van der Waals surface area (Å²) in [5.41, 5.74) is 5.79. The minimum absolute atomic E-state index is 0.0336. The van der Waals surface area contributed by atoms with Gasteiger partial charge in [-0.05, 0) is 24.3 Å². The third-order valence-corrected chi connectivity index (χ3v) is 2.28. The molecule has 0 aliphatic heterocycles. The Morgan fingerprint density at radius 2 is 1.57 bits per heavy atom. The number of benzene rings is 1. The van der Waals surface area contributed by atoms with E-state index >= 15 is 0 Å². The summed E-state index contributed by atoms with van der Waals surface area (Å²) in [6.07, 6.45) is -3.56. The predicted octanol–water partition coefficient (Wildman–Crippen LogP) is 2.76. The van der Waals surface area contributed by atoms with Crippen LogP contribution in [0.3, 0.4) is 0 Å². The fraction of sp³-hybridized carbons (Fsp3) is 0.167. The molecule has 21 heavy (non-hydrogen) atoms. The maximum atomic E-state index is 12.0. The van der Waals surface area contributed by atoms with E-state index in [1.54, 1.807) is 0 Å². The van der Waals surface area contributed by atoms with Crippen molar-refractivity contribution in [1.29, 1.82) is 0 Å². The first-order valence-corrected chi connectivity index (χ1v) is 5.57. The molecule has 1 aromatic carbocycles. The van der Waals surface area contributed by atoms with Crippen LogP contribution in [0, 0.1) is 0 Å². The predicted molar refractivity (Wildman–Crippen MR) is 66.2 cm³/mol. The highest BCUT2D eigenvalue weighted by Gasteiger charge is 2.31. The summed E-state index contributed by atoms with van der Waals surface area (Å²) in [6.45, 7) is 0. The standard InChI is InChI=1S/C12H10F3N3O3/c1-19-10-9(16)11(18-6-17-10)20-7-2-4-8(5-3-7)21-12(13,14)15/h2-6H,16H2,1H3. The van der Waals surface area contributed by atoms with Gasteiger partial charge in [0, 0.05) is 0 Å². The molecule has 0 unspecified atom stereocenters. The van der Waals surface area contributed by atoms with Crippen LogP contribution >= 0.6 is 0 Å². The number of halogens is 3. The molecule has 112 valence electrons. The van der Waals surface area contributed by atoms with E-state index in [4.69, 9.17) is 15.2 Å². The molecule has 0 fully saturated rings. The van der Waals surface area contributed by atoms with Gasteiger partial charge >= 0.3 is 6.36 Å². The lowest BCUT2D eigenvalue weighted by Gasteiger charge is -2.11. The van der Waals surface area contributed by atoms with E-state index in [0.717, 1.165) is 12.1 Å². The number of nitrogen functional groups attached to an aromatic ring is 1. The van der Waals surface area contributed by atoms with Gasteiger partial charge < -0.3 is 19.9 Å². The molecule has 0 aliphatic carbocycles. The van der Waals surface area contributed by atoms with Gasteiger partial charge in [0.1, 0.15) is 17.8 Å². The normalized spacial score (nSPS) is 11.0. The Balaban J connectivity index is 2.14. The molecular weight excluding hydrogens is 291 g/mol. The number of anilines is 1. The quantitative estimate of drug-likeness (QED) is 0.935. The van der Waals surface area contributed by atoms with E-state index < -0.39 is 6.36 Å². The third-order valence-electron chi connectivity index (χ3n) is 2.28. The molecule has 2 aromatic rings. The molecule has 2 N–H and O–H groups in total. The molecule has 1 heterocycles. The highest BCUT2D eigenvalue weighted by Crippen LogP contribution is 2.31. The molecule has 0 bridgehead atoms. The van der Waals surface area contributed by atoms with Crippen molar-refractivity contribution in [2.24, 2.45) is 0 Å². The highest BCUT2D eigenvalue weighted by molar-refractivity contribution is 5.56. The van der Waals surface area contributed by atoms with Crippen LogP contribution in [0.4, 0.5) is 18.9 Å². The Morgan fingerprint density at radius 3 is 2.14 bits per heavy atom. The lowest BCUT2D eigenvalue weighted by molar-refractivity contribution is -0.274. The number of aromatic nitrogens is 2. The third kappa shape index (κ3) is 3.88. The lowest BCUT2D eigenvalue weighted by Crippen LogP contribution is -2.16. The molecule has 0 aliphatic rings. The zero-order valence-electron chi connectivity index (χ0n) is 10.7. The van der Waals surface area contributed by atoms with Crippen LogP contribution in [0.1, 0.15) is 0 Å². The van der Waals surface area contributed by atoms with E-state index in [9.17, 15) is 13.2 Å². The molecule has 0 saturated carbocycles. The summed E-state index contributed by atoms with van der Waals surface area (Å²) in [5, 5.41) is 0. The number of methoxy groups -OCH3 is 1. The van der Waals surface area contributed by atoms with Crippen molar-refractivity contribution in [2.45, 2.75) is 6.36 Å². The molecule has 0 saturated heterocycles. The molecule has 9 heteroatoms. The second-order valence-corrected chi connectivity index (χ2v) is 3.72. The lowest BCUT2D eigenvalue weighted by atomic mass is 10.3. The van der Waals surface area contributed by atoms with E-state index in [1.807, 2.05) is 0 Å². The van der Waals surface area contributed by atoms with E-state index in [1.165, 1.54) is 25.6 Å². The summed E-state index contributed by atoms with van der Waals surface area (Å²) in [7, 11) is 1.38. The van der Waals surface area contributed by atoms with Crippen molar-refractivity contribution in [1.82, 2.24) is 9.97 Å². The number of rotatable bonds is 4. The Labute approximate surface area is 117 Å². The number of nitrogens with zero attached hydrogens (tertiary/aromatic N) is 2. The van der Waals surface area contributed by atoms with E-state index in [-0.39, 0.29) is 28.9 Å². The molecular formula is C12H10F3N3O3.